The van der Waals surface area contributed by atoms with Crippen molar-refractivity contribution in [2.75, 3.05) is 6.26 Å². The summed E-state index contributed by atoms with van der Waals surface area (Å²) in [6.07, 6.45) is 2.13. The topological polar surface area (TPSA) is 9.23 Å². The summed E-state index contributed by atoms with van der Waals surface area (Å²) < 4.78 is 6.13. The molecule has 1 rings (SSSR count). The van der Waals surface area contributed by atoms with E-state index in [9.17, 15) is 0 Å². The van der Waals surface area contributed by atoms with Crippen LogP contribution in [0.25, 0.3) is 0 Å². The molecule has 0 aliphatic carbocycles. The van der Waals surface area contributed by atoms with Crippen molar-refractivity contribution < 1.29 is 4.43 Å². The predicted octanol–water partition coefficient (Wildman–Crippen LogP) is 4.64. The van der Waals surface area contributed by atoms with Gasteiger partial charge in [0.25, 0.3) is 9.04 Å². The van der Waals surface area contributed by atoms with Crippen LogP contribution < -0.4 is 4.43 Å². The summed E-state index contributed by atoms with van der Waals surface area (Å²) in [5, 5.41) is 0. The largest absolute Gasteiger partial charge is 0.542 e. The molecule has 0 aliphatic rings. The van der Waals surface area contributed by atoms with Crippen molar-refractivity contribution in [2.45, 2.75) is 51.1 Å². The van der Waals surface area contributed by atoms with Gasteiger partial charge in [-0.05, 0) is 43.3 Å². The van der Waals surface area contributed by atoms with Crippen molar-refractivity contribution in [3.63, 3.8) is 0 Å². The van der Waals surface area contributed by atoms with Crippen LogP contribution in [0, 0.1) is 6.92 Å². The maximum atomic E-state index is 6.13. The molecule has 95 valence electrons. The second-order valence-corrected chi connectivity index (χ2v) is 8.42. The van der Waals surface area contributed by atoms with E-state index < -0.39 is 9.04 Å². The Morgan fingerprint density at radius 2 is 1.76 bits per heavy atom. The first-order valence-electron chi connectivity index (χ1n) is 5.93. The molecule has 1 aromatic carbocycles. The number of rotatable bonds is 3. The van der Waals surface area contributed by atoms with Gasteiger partial charge in [0, 0.05) is 10.5 Å². The van der Waals surface area contributed by atoms with Crippen molar-refractivity contribution in [1.29, 1.82) is 0 Å². The predicted molar refractivity (Wildman–Crippen MR) is 79.8 cm³/mol. The Kier molecular flexibility index (Phi) is 4.73. The zero-order chi connectivity index (χ0) is 13.2. The van der Waals surface area contributed by atoms with Crippen LogP contribution in [0.15, 0.2) is 17.0 Å². The molecule has 17 heavy (non-hydrogen) atoms. The molecule has 0 aromatic heterocycles. The molecule has 0 saturated carbocycles. The third-order valence-electron chi connectivity index (χ3n) is 2.59. The maximum absolute atomic E-state index is 6.13. The molecule has 0 amide bonds. The number of benzene rings is 1. The summed E-state index contributed by atoms with van der Waals surface area (Å²) >= 11 is 1.80. The Morgan fingerprint density at radius 1 is 1.18 bits per heavy atom. The van der Waals surface area contributed by atoms with Gasteiger partial charge >= 0.3 is 0 Å². The first-order chi connectivity index (χ1) is 7.77. The minimum absolute atomic E-state index is 0.122. The molecule has 0 atom stereocenters. The third kappa shape index (κ3) is 3.52. The van der Waals surface area contributed by atoms with Crippen molar-refractivity contribution in [2.24, 2.45) is 0 Å². The van der Waals surface area contributed by atoms with Crippen molar-refractivity contribution >= 4 is 20.8 Å². The van der Waals surface area contributed by atoms with Crippen LogP contribution in [-0.2, 0) is 5.41 Å². The van der Waals surface area contributed by atoms with E-state index in [2.05, 4.69) is 59.2 Å². The zero-order valence-electron chi connectivity index (χ0n) is 12.0. The second-order valence-electron chi connectivity index (χ2n) is 5.55. The molecule has 0 aliphatic heterocycles. The first-order valence-corrected chi connectivity index (χ1v) is 9.56. The van der Waals surface area contributed by atoms with Gasteiger partial charge in [0.05, 0.1) is 0 Å². The molecular weight excluding hydrogens is 244 g/mol. The molecule has 3 heteroatoms. The number of thioether (sulfide) groups is 1. The maximum Gasteiger partial charge on any atom is 0.274 e. The van der Waals surface area contributed by atoms with Crippen LogP contribution in [0.2, 0.25) is 13.1 Å². The van der Waals surface area contributed by atoms with E-state index in [0.29, 0.717) is 0 Å². The van der Waals surface area contributed by atoms with Crippen molar-refractivity contribution in [3.8, 4) is 5.75 Å². The SMILES string of the molecule is CSc1ccc(C)c(O[Si](C)C)c1C(C)(C)C. The Labute approximate surface area is 112 Å². The molecule has 0 bridgehead atoms. The minimum Gasteiger partial charge on any atom is -0.542 e. The number of hydrogen-bond acceptors (Lipinski definition) is 2. The van der Waals surface area contributed by atoms with E-state index >= 15 is 0 Å². The summed E-state index contributed by atoms with van der Waals surface area (Å²) in [6.45, 7) is 13.3. The lowest BCUT2D eigenvalue weighted by Crippen LogP contribution is -2.20. The summed E-state index contributed by atoms with van der Waals surface area (Å²) in [4.78, 5) is 1.33. The normalized spacial score (nSPS) is 12.0. The summed E-state index contributed by atoms with van der Waals surface area (Å²) in [5.41, 5.74) is 2.73. The molecule has 1 nitrogen and oxygen atoms in total. The van der Waals surface area contributed by atoms with E-state index in [1.54, 1.807) is 11.8 Å². The monoisotopic (exact) mass is 267 g/mol. The molecule has 0 heterocycles. The lowest BCUT2D eigenvalue weighted by molar-refractivity contribution is 0.508. The Morgan fingerprint density at radius 3 is 2.18 bits per heavy atom. The van der Waals surface area contributed by atoms with E-state index in [1.165, 1.54) is 16.0 Å². The first kappa shape index (κ1) is 14.6. The van der Waals surface area contributed by atoms with Gasteiger partial charge in [-0.1, -0.05) is 26.8 Å². The molecule has 0 unspecified atom stereocenters. The molecule has 0 N–H and O–H groups in total. The van der Waals surface area contributed by atoms with Gasteiger partial charge in [0.2, 0.25) is 0 Å². The lowest BCUT2D eigenvalue weighted by atomic mass is 9.85. The molecular formula is C14H23OSSi. The summed E-state index contributed by atoms with van der Waals surface area (Å²) in [5.74, 6) is 1.11. The molecule has 0 saturated heterocycles. The van der Waals surface area contributed by atoms with Crippen LogP contribution in [0.5, 0.6) is 5.75 Å². The smallest absolute Gasteiger partial charge is 0.274 e. The highest BCUT2D eigenvalue weighted by atomic mass is 32.2. The van der Waals surface area contributed by atoms with Gasteiger partial charge in [-0.25, -0.2) is 0 Å². The average molecular weight is 267 g/mol. The van der Waals surface area contributed by atoms with Crippen LogP contribution in [0.3, 0.4) is 0 Å². The molecule has 0 spiro atoms. The molecule has 1 radical (unpaired) electrons. The summed E-state index contributed by atoms with van der Waals surface area (Å²) in [7, 11) is -0.725. The van der Waals surface area contributed by atoms with Gasteiger partial charge in [-0.2, -0.15) is 0 Å². The number of hydrogen-bond donors (Lipinski definition) is 0. The highest BCUT2D eigenvalue weighted by Gasteiger charge is 2.24. The Bertz CT molecular complexity index is 394. The molecule has 0 fully saturated rings. The highest BCUT2D eigenvalue weighted by Crippen LogP contribution is 2.40. The van der Waals surface area contributed by atoms with E-state index in [4.69, 9.17) is 4.43 Å². The van der Waals surface area contributed by atoms with E-state index in [1.807, 2.05) is 0 Å². The fraction of sp³-hybridized carbons (Fsp3) is 0.571. The fourth-order valence-corrected chi connectivity index (χ4v) is 3.36. The van der Waals surface area contributed by atoms with Crippen LogP contribution in [0.4, 0.5) is 0 Å². The number of aryl methyl sites for hydroxylation is 1. The lowest BCUT2D eigenvalue weighted by Gasteiger charge is -2.28. The van der Waals surface area contributed by atoms with Crippen molar-refractivity contribution in [3.05, 3.63) is 23.3 Å². The van der Waals surface area contributed by atoms with Crippen LogP contribution in [0.1, 0.15) is 31.9 Å². The average Bonchev–Trinajstić information content (AvgIpc) is 2.18. The van der Waals surface area contributed by atoms with Gasteiger partial charge in [-0.15, -0.1) is 11.8 Å². The minimum atomic E-state index is -0.725. The van der Waals surface area contributed by atoms with Crippen molar-refractivity contribution in [1.82, 2.24) is 0 Å². The van der Waals surface area contributed by atoms with Crippen LogP contribution >= 0.6 is 11.8 Å². The third-order valence-corrected chi connectivity index (χ3v) is 3.98. The van der Waals surface area contributed by atoms with Gasteiger partial charge in [0.15, 0.2) is 0 Å². The van der Waals surface area contributed by atoms with Gasteiger partial charge in [0.1, 0.15) is 5.75 Å². The molecule has 1 aromatic rings. The van der Waals surface area contributed by atoms with E-state index in [0.717, 1.165) is 5.75 Å². The Balaban J connectivity index is 3.42. The quantitative estimate of drug-likeness (QED) is 0.582. The van der Waals surface area contributed by atoms with Gasteiger partial charge < -0.3 is 4.43 Å². The zero-order valence-corrected chi connectivity index (χ0v) is 13.8. The van der Waals surface area contributed by atoms with Gasteiger partial charge in [-0.3, -0.25) is 0 Å². The van der Waals surface area contributed by atoms with Crippen LogP contribution in [-0.4, -0.2) is 15.3 Å². The van der Waals surface area contributed by atoms with E-state index in [-0.39, 0.29) is 5.41 Å². The summed E-state index contributed by atoms with van der Waals surface area (Å²) in [6, 6.07) is 4.38. The second kappa shape index (κ2) is 5.49. The fourth-order valence-electron chi connectivity index (χ4n) is 1.88. The standard InChI is InChI=1S/C14H23OSSi/c1-10-8-9-11(16-5)12(14(2,3)4)13(10)15-17(6)7/h8-9H,1-7H3. The Hall–Kier alpha value is -0.413. The highest BCUT2D eigenvalue weighted by molar-refractivity contribution is 7.98.